The lowest BCUT2D eigenvalue weighted by Crippen LogP contribution is -2.33. The summed E-state index contributed by atoms with van der Waals surface area (Å²) >= 11 is 0. The zero-order valence-electron chi connectivity index (χ0n) is 15.0. The lowest BCUT2D eigenvalue weighted by Gasteiger charge is -2.24. The summed E-state index contributed by atoms with van der Waals surface area (Å²) in [7, 11) is 0. The molecule has 0 bridgehead atoms. The van der Waals surface area contributed by atoms with Crippen LogP contribution in [0.5, 0.6) is 0 Å². The molecule has 0 spiro atoms. The molecule has 28 heavy (non-hydrogen) atoms. The van der Waals surface area contributed by atoms with Crippen LogP contribution in [0.3, 0.4) is 0 Å². The molecule has 1 aliphatic rings. The number of hydrogen-bond donors (Lipinski definition) is 2. The van der Waals surface area contributed by atoms with Gasteiger partial charge in [0.2, 0.25) is 0 Å². The smallest absolute Gasteiger partial charge is 0.276 e. The first-order valence-electron chi connectivity index (χ1n) is 8.89. The van der Waals surface area contributed by atoms with Crippen LogP contribution in [0.1, 0.15) is 27.7 Å². The Kier molecular flexibility index (Phi) is 5.10. The minimum absolute atomic E-state index is 0.0362. The van der Waals surface area contributed by atoms with Crippen molar-refractivity contribution in [2.24, 2.45) is 0 Å². The van der Waals surface area contributed by atoms with Gasteiger partial charge in [-0.2, -0.15) is 10.4 Å². The van der Waals surface area contributed by atoms with Crippen LogP contribution in [0.2, 0.25) is 0 Å². The summed E-state index contributed by atoms with van der Waals surface area (Å²) in [6.07, 6.45) is 3.15. The highest BCUT2D eigenvalue weighted by molar-refractivity contribution is 6.02. The topological polar surface area (TPSA) is 105 Å². The average molecular weight is 374 g/mol. The van der Waals surface area contributed by atoms with E-state index < -0.39 is 0 Å². The van der Waals surface area contributed by atoms with Crippen LogP contribution >= 0.6 is 0 Å². The molecule has 1 amide bonds. The highest BCUT2D eigenvalue weighted by Crippen LogP contribution is 2.21. The molecule has 0 saturated carbocycles. The Labute approximate surface area is 161 Å². The van der Waals surface area contributed by atoms with E-state index in [1.165, 1.54) is 10.9 Å². The lowest BCUT2D eigenvalue weighted by molar-refractivity contribution is 0.0277. The number of ether oxygens (including phenoxy) is 1. The third-order valence-corrected chi connectivity index (χ3v) is 4.40. The summed E-state index contributed by atoms with van der Waals surface area (Å²) in [5, 5.41) is 19.2. The van der Waals surface area contributed by atoms with Crippen molar-refractivity contribution < 1.29 is 9.53 Å². The third kappa shape index (κ3) is 3.91. The van der Waals surface area contributed by atoms with Gasteiger partial charge in [-0.3, -0.25) is 4.79 Å². The van der Waals surface area contributed by atoms with Crippen molar-refractivity contribution in [3.8, 4) is 11.9 Å². The fraction of sp³-hybridized carbons (Fsp3) is 0.200. The molecule has 0 aliphatic carbocycles. The van der Waals surface area contributed by atoms with Crippen molar-refractivity contribution in [2.75, 3.05) is 25.0 Å². The zero-order valence-corrected chi connectivity index (χ0v) is 15.0. The first-order chi connectivity index (χ1) is 13.7. The van der Waals surface area contributed by atoms with Gasteiger partial charge in [-0.15, -0.1) is 0 Å². The fourth-order valence-electron chi connectivity index (χ4n) is 2.92. The van der Waals surface area contributed by atoms with E-state index in [0.717, 1.165) is 18.7 Å². The second-order valence-corrected chi connectivity index (χ2v) is 6.30. The van der Waals surface area contributed by atoms with Crippen molar-refractivity contribution in [3.63, 3.8) is 0 Å². The number of hydrogen-bond acceptors (Lipinski definition) is 6. The second kappa shape index (κ2) is 8.00. The molecule has 1 atom stereocenters. The summed E-state index contributed by atoms with van der Waals surface area (Å²) in [6, 6.07) is 14.6. The van der Waals surface area contributed by atoms with Gasteiger partial charge in [0.25, 0.3) is 5.91 Å². The van der Waals surface area contributed by atoms with E-state index >= 15 is 0 Å². The van der Waals surface area contributed by atoms with E-state index in [1.54, 1.807) is 24.4 Å². The number of rotatable bonds is 4. The molecule has 0 radical (unpaired) electrons. The van der Waals surface area contributed by atoms with Gasteiger partial charge < -0.3 is 15.4 Å². The minimum Gasteiger partial charge on any atom is -0.371 e. The molecule has 2 aromatic heterocycles. The number of carbonyl (C=O) groups excluding carboxylic acids is 1. The predicted octanol–water partition coefficient (Wildman–Crippen LogP) is 2.05. The largest absolute Gasteiger partial charge is 0.371 e. The van der Waals surface area contributed by atoms with Gasteiger partial charge >= 0.3 is 0 Å². The number of morpholine rings is 1. The molecular weight excluding hydrogens is 356 g/mol. The van der Waals surface area contributed by atoms with Crippen molar-refractivity contribution in [1.29, 1.82) is 5.26 Å². The van der Waals surface area contributed by atoms with Crippen molar-refractivity contribution >= 4 is 11.6 Å². The number of nitriles is 1. The number of carbonyl (C=O) groups is 1. The summed E-state index contributed by atoms with van der Waals surface area (Å²) in [4.78, 5) is 16.6. The van der Waals surface area contributed by atoms with Crippen molar-refractivity contribution in [1.82, 2.24) is 20.1 Å². The SMILES string of the molecule is N#Cc1ccc(-n2ccc(C(=O)Nc3ccc([C@H]4CNCCO4)cc3)n2)nc1. The van der Waals surface area contributed by atoms with Crippen molar-refractivity contribution in [3.05, 3.63) is 71.7 Å². The highest BCUT2D eigenvalue weighted by Gasteiger charge is 2.16. The molecule has 140 valence electrons. The summed E-state index contributed by atoms with van der Waals surface area (Å²) < 4.78 is 7.22. The Morgan fingerprint density at radius 3 is 2.79 bits per heavy atom. The van der Waals surface area contributed by atoms with Gasteiger partial charge in [-0.1, -0.05) is 12.1 Å². The monoisotopic (exact) mass is 374 g/mol. The first kappa shape index (κ1) is 17.9. The van der Waals surface area contributed by atoms with Crippen LogP contribution in [-0.2, 0) is 4.74 Å². The molecule has 0 unspecified atom stereocenters. The number of nitrogens with zero attached hydrogens (tertiary/aromatic N) is 4. The molecular formula is C20H18N6O2. The van der Waals surface area contributed by atoms with E-state index in [0.29, 0.717) is 23.7 Å². The second-order valence-electron chi connectivity index (χ2n) is 6.30. The standard InChI is InChI=1S/C20H18N6O2/c21-11-14-1-6-19(23-12-14)26-9-7-17(25-26)20(27)24-16-4-2-15(3-5-16)18-13-22-8-10-28-18/h1-7,9,12,18,22H,8,10,13H2,(H,24,27)/t18-/m1/s1. The van der Waals surface area contributed by atoms with Crippen LogP contribution in [0.15, 0.2) is 54.9 Å². The molecule has 1 aromatic carbocycles. The molecule has 4 rings (SSSR count). The van der Waals surface area contributed by atoms with E-state index in [2.05, 4.69) is 20.7 Å². The summed E-state index contributed by atoms with van der Waals surface area (Å²) in [5.41, 5.74) is 2.49. The number of anilines is 1. The molecule has 3 aromatic rings. The Morgan fingerprint density at radius 1 is 1.25 bits per heavy atom. The maximum atomic E-state index is 12.5. The van der Waals surface area contributed by atoms with Crippen LogP contribution in [-0.4, -0.2) is 40.4 Å². The number of aromatic nitrogens is 3. The molecule has 3 heterocycles. The zero-order chi connectivity index (χ0) is 19.3. The number of pyridine rings is 1. The van der Waals surface area contributed by atoms with Gasteiger partial charge in [0.1, 0.15) is 6.07 Å². The third-order valence-electron chi connectivity index (χ3n) is 4.40. The quantitative estimate of drug-likeness (QED) is 0.724. The minimum atomic E-state index is -0.310. The Hall–Kier alpha value is -3.54. The van der Waals surface area contributed by atoms with Gasteiger partial charge in [0.05, 0.1) is 18.3 Å². The number of nitrogens with one attached hydrogen (secondary N) is 2. The molecule has 8 nitrogen and oxygen atoms in total. The number of benzene rings is 1. The molecule has 8 heteroatoms. The van der Waals surface area contributed by atoms with E-state index in [4.69, 9.17) is 10.00 Å². The normalized spacial score (nSPS) is 16.3. The number of amides is 1. The molecule has 1 saturated heterocycles. The summed E-state index contributed by atoms with van der Waals surface area (Å²) in [6.45, 7) is 2.35. The van der Waals surface area contributed by atoms with Crippen molar-refractivity contribution in [2.45, 2.75) is 6.10 Å². The van der Waals surface area contributed by atoms with E-state index in [9.17, 15) is 4.79 Å². The highest BCUT2D eigenvalue weighted by atomic mass is 16.5. The lowest BCUT2D eigenvalue weighted by atomic mass is 10.1. The molecule has 1 fully saturated rings. The van der Waals surface area contributed by atoms with E-state index in [1.807, 2.05) is 30.3 Å². The first-order valence-corrected chi connectivity index (χ1v) is 8.89. The average Bonchev–Trinajstić information content (AvgIpc) is 3.25. The van der Waals surface area contributed by atoms with Gasteiger partial charge in [0, 0.05) is 31.2 Å². The maximum Gasteiger partial charge on any atom is 0.276 e. The molecule has 2 N–H and O–H groups in total. The molecule has 1 aliphatic heterocycles. The fourth-order valence-corrected chi connectivity index (χ4v) is 2.92. The predicted molar refractivity (Wildman–Crippen MR) is 102 cm³/mol. The van der Waals surface area contributed by atoms with Gasteiger partial charge in [-0.25, -0.2) is 9.67 Å². The van der Waals surface area contributed by atoms with Crippen LogP contribution in [0.4, 0.5) is 5.69 Å². The Bertz CT molecular complexity index is 998. The van der Waals surface area contributed by atoms with Crippen LogP contribution in [0.25, 0.3) is 5.82 Å². The van der Waals surface area contributed by atoms with Gasteiger partial charge in [-0.05, 0) is 35.9 Å². The van der Waals surface area contributed by atoms with Crippen LogP contribution in [0, 0.1) is 11.3 Å². The summed E-state index contributed by atoms with van der Waals surface area (Å²) in [5.74, 6) is 0.222. The van der Waals surface area contributed by atoms with Gasteiger partial charge in [0.15, 0.2) is 11.5 Å². The van der Waals surface area contributed by atoms with Crippen LogP contribution < -0.4 is 10.6 Å². The van der Waals surface area contributed by atoms with E-state index in [-0.39, 0.29) is 17.7 Å². The Morgan fingerprint density at radius 2 is 2.11 bits per heavy atom. The maximum absolute atomic E-state index is 12.5. The Balaban J connectivity index is 1.42.